The van der Waals surface area contributed by atoms with Crippen LogP contribution in [0.5, 0.6) is 0 Å². The minimum absolute atomic E-state index is 0.00759. The first-order valence-electron chi connectivity index (χ1n) is 12.9. The van der Waals surface area contributed by atoms with Crippen LogP contribution in [0.4, 0.5) is 0 Å². The largest absolute Gasteiger partial charge is 0.467 e. The fourth-order valence-corrected chi connectivity index (χ4v) is 6.33. The quantitative estimate of drug-likeness (QED) is 0.250. The number of hydrogen-bond donors (Lipinski definition) is 3. The number of benzene rings is 2. The maximum atomic E-state index is 12.7. The van der Waals surface area contributed by atoms with E-state index in [4.69, 9.17) is 4.74 Å². The molecular weight excluding hydrogens is 494 g/mol. The van der Waals surface area contributed by atoms with E-state index in [-0.39, 0.29) is 30.2 Å². The lowest BCUT2D eigenvalue weighted by molar-refractivity contribution is -0.151. The Labute approximate surface area is 219 Å². The smallest absolute Gasteiger partial charge is 0.334 e. The number of rotatable bonds is 14. The first kappa shape index (κ1) is 29.3. The minimum atomic E-state index is -3.40. The summed E-state index contributed by atoms with van der Waals surface area (Å²) in [6.45, 7) is 0.886. The first-order chi connectivity index (χ1) is 17.8. The van der Waals surface area contributed by atoms with E-state index in [0.29, 0.717) is 50.2 Å². The van der Waals surface area contributed by atoms with E-state index in [0.717, 1.165) is 5.56 Å². The van der Waals surface area contributed by atoms with E-state index < -0.39 is 28.0 Å². The highest BCUT2D eigenvalue weighted by atomic mass is 32.2. The van der Waals surface area contributed by atoms with Crippen molar-refractivity contribution in [2.75, 3.05) is 19.5 Å². The molecule has 1 unspecified atom stereocenters. The number of hydrogen-bond acceptors (Lipinski definition) is 8. The van der Waals surface area contributed by atoms with Crippen molar-refractivity contribution in [3.8, 4) is 0 Å². The van der Waals surface area contributed by atoms with Gasteiger partial charge in [-0.05, 0) is 56.2 Å². The summed E-state index contributed by atoms with van der Waals surface area (Å²) in [4.78, 5) is 12.0. The number of nitrogens with one attached hydrogen (secondary N) is 1. The standard InChI is InChI=1S/C28H39NO7S/c1-35-28(32)27(31)19-22-14-15-24(26(30)16-17-36-20-21-9-4-2-5-10-21)25(29-22)13-8-18-37(33,34)23-11-6-3-7-12-23/h2-7,9-12,22,24-27,29-31H,8,13-20H2,1H3/t22-,24+,25+,26-,27?/m0/s1. The number of carbonyl (C=O) groups excluding carboxylic acids is 1. The fraction of sp³-hybridized carbons (Fsp3) is 0.536. The fourth-order valence-electron chi connectivity index (χ4n) is 4.97. The van der Waals surface area contributed by atoms with Crippen molar-refractivity contribution in [3.05, 3.63) is 66.2 Å². The number of sulfone groups is 1. The second-order valence-corrected chi connectivity index (χ2v) is 11.8. The van der Waals surface area contributed by atoms with Gasteiger partial charge in [0.05, 0.1) is 30.5 Å². The van der Waals surface area contributed by atoms with Crippen LogP contribution < -0.4 is 5.32 Å². The predicted octanol–water partition coefficient (Wildman–Crippen LogP) is 2.87. The maximum Gasteiger partial charge on any atom is 0.334 e. The van der Waals surface area contributed by atoms with Crippen molar-refractivity contribution < 1.29 is 32.9 Å². The Kier molecular flexibility index (Phi) is 11.5. The van der Waals surface area contributed by atoms with Gasteiger partial charge in [0, 0.05) is 24.6 Å². The molecule has 0 saturated carbocycles. The highest BCUT2D eigenvalue weighted by Crippen LogP contribution is 2.29. The number of esters is 1. The van der Waals surface area contributed by atoms with Gasteiger partial charge < -0.3 is 25.0 Å². The summed E-state index contributed by atoms with van der Waals surface area (Å²) in [5.41, 5.74) is 1.07. The van der Waals surface area contributed by atoms with Gasteiger partial charge in [-0.25, -0.2) is 13.2 Å². The van der Waals surface area contributed by atoms with Gasteiger partial charge in [0.2, 0.25) is 0 Å². The summed E-state index contributed by atoms with van der Waals surface area (Å²) in [5, 5.41) is 24.6. The number of piperidine rings is 1. The van der Waals surface area contributed by atoms with Crippen molar-refractivity contribution in [2.24, 2.45) is 5.92 Å². The molecule has 204 valence electrons. The van der Waals surface area contributed by atoms with Crippen molar-refractivity contribution in [2.45, 2.75) is 74.3 Å². The second-order valence-electron chi connectivity index (χ2n) is 9.65. The molecule has 2 aromatic rings. The van der Waals surface area contributed by atoms with Crippen LogP contribution in [-0.2, 0) is 30.7 Å². The molecule has 1 aliphatic heterocycles. The molecule has 3 N–H and O–H groups in total. The maximum absolute atomic E-state index is 12.7. The summed E-state index contributed by atoms with van der Waals surface area (Å²) in [6, 6.07) is 17.9. The zero-order valence-electron chi connectivity index (χ0n) is 21.4. The molecule has 8 nitrogen and oxygen atoms in total. The average Bonchev–Trinajstić information content (AvgIpc) is 2.91. The van der Waals surface area contributed by atoms with Crippen LogP contribution in [0.2, 0.25) is 0 Å². The summed E-state index contributed by atoms with van der Waals surface area (Å²) in [6.07, 6.45) is 1.17. The molecule has 3 rings (SSSR count). The van der Waals surface area contributed by atoms with E-state index in [2.05, 4.69) is 10.1 Å². The van der Waals surface area contributed by atoms with Gasteiger partial charge in [-0.3, -0.25) is 0 Å². The van der Waals surface area contributed by atoms with Crippen LogP contribution in [0.15, 0.2) is 65.6 Å². The Bertz CT molecular complexity index is 1050. The highest BCUT2D eigenvalue weighted by molar-refractivity contribution is 7.91. The molecule has 0 aromatic heterocycles. The molecule has 0 bridgehead atoms. The van der Waals surface area contributed by atoms with Gasteiger partial charge in [0.1, 0.15) is 0 Å². The van der Waals surface area contributed by atoms with Crippen LogP contribution >= 0.6 is 0 Å². The molecule has 0 radical (unpaired) electrons. The third-order valence-corrected chi connectivity index (χ3v) is 8.81. The Morgan fingerprint density at radius 2 is 1.73 bits per heavy atom. The third-order valence-electron chi connectivity index (χ3n) is 6.99. The highest BCUT2D eigenvalue weighted by Gasteiger charge is 2.35. The topological polar surface area (TPSA) is 122 Å². The lowest BCUT2D eigenvalue weighted by atomic mass is 9.79. The van der Waals surface area contributed by atoms with E-state index in [1.807, 2.05) is 30.3 Å². The van der Waals surface area contributed by atoms with Gasteiger partial charge in [-0.1, -0.05) is 48.5 Å². The molecule has 1 fully saturated rings. The number of methoxy groups -OCH3 is 1. The van der Waals surface area contributed by atoms with Gasteiger partial charge in [-0.2, -0.15) is 0 Å². The second kappa shape index (κ2) is 14.6. The van der Waals surface area contributed by atoms with Crippen molar-refractivity contribution in [3.63, 3.8) is 0 Å². The number of aliphatic hydroxyl groups is 2. The first-order valence-corrected chi connectivity index (χ1v) is 14.5. The van der Waals surface area contributed by atoms with E-state index >= 15 is 0 Å². The SMILES string of the molecule is COC(=O)C(O)C[C@@H]1CC[C@@H]([C@@H](O)CCOCc2ccccc2)[C@@H](CCCS(=O)(=O)c2ccccc2)N1. The zero-order chi connectivity index (χ0) is 26.7. The molecule has 0 spiro atoms. The molecule has 1 heterocycles. The molecule has 9 heteroatoms. The van der Waals surface area contributed by atoms with Gasteiger partial charge in [-0.15, -0.1) is 0 Å². The van der Waals surface area contributed by atoms with E-state index in [1.54, 1.807) is 30.3 Å². The summed E-state index contributed by atoms with van der Waals surface area (Å²) in [5.74, 6) is -0.760. The normalized spacial score (nSPS) is 21.8. The lowest BCUT2D eigenvalue weighted by Crippen LogP contribution is -2.52. The summed E-state index contributed by atoms with van der Waals surface area (Å²) >= 11 is 0. The average molecular weight is 534 g/mol. The van der Waals surface area contributed by atoms with Crippen LogP contribution in [0, 0.1) is 5.92 Å². The van der Waals surface area contributed by atoms with Crippen molar-refractivity contribution in [1.82, 2.24) is 5.32 Å². The number of carbonyl (C=O) groups is 1. The molecular formula is C28H39NO7S. The minimum Gasteiger partial charge on any atom is -0.467 e. The van der Waals surface area contributed by atoms with Gasteiger partial charge in [0.25, 0.3) is 0 Å². The van der Waals surface area contributed by atoms with Crippen LogP contribution in [0.3, 0.4) is 0 Å². The van der Waals surface area contributed by atoms with Crippen LogP contribution in [-0.4, -0.2) is 68.4 Å². The number of ether oxygens (including phenoxy) is 2. The third kappa shape index (κ3) is 9.19. The lowest BCUT2D eigenvalue weighted by Gasteiger charge is -2.40. The Hall–Kier alpha value is -2.30. The Balaban J connectivity index is 1.57. The number of aliphatic hydroxyl groups excluding tert-OH is 2. The monoisotopic (exact) mass is 533 g/mol. The molecule has 2 aromatic carbocycles. The van der Waals surface area contributed by atoms with Crippen molar-refractivity contribution in [1.29, 1.82) is 0 Å². The Morgan fingerprint density at radius 3 is 2.41 bits per heavy atom. The van der Waals surface area contributed by atoms with Crippen molar-refractivity contribution >= 4 is 15.8 Å². The molecule has 1 aliphatic rings. The molecule has 5 atom stereocenters. The van der Waals surface area contributed by atoms with Gasteiger partial charge in [0.15, 0.2) is 15.9 Å². The van der Waals surface area contributed by atoms with E-state index in [1.165, 1.54) is 7.11 Å². The van der Waals surface area contributed by atoms with Gasteiger partial charge >= 0.3 is 5.97 Å². The molecule has 37 heavy (non-hydrogen) atoms. The summed E-state index contributed by atoms with van der Waals surface area (Å²) < 4.78 is 35.8. The van der Waals surface area contributed by atoms with E-state index in [9.17, 15) is 23.4 Å². The van der Waals surface area contributed by atoms with Crippen LogP contribution in [0.25, 0.3) is 0 Å². The molecule has 1 saturated heterocycles. The summed E-state index contributed by atoms with van der Waals surface area (Å²) in [7, 11) is -2.16. The van der Waals surface area contributed by atoms with Crippen LogP contribution in [0.1, 0.15) is 44.1 Å². The predicted molar refractivity (Wildman–Crippen MR) is 141 cm³/mol. The molecule has 0 aliphatic carbocycles. The zero-order valence-corrected chi connectivity index (χ0v) is 22.2. The Morgan fingerprint density at radius 1 is 1.05 bits per heavy atom. The molecule has 0 amide bonds.